The van der Waals surface area contributed by atoms with E-state index in [-0.39, 0.29) is 52.6 Å². The van der Waals surface area contributed by atoms with Gasteiger partial charge >= 0.3 is 5.97 Å². The summed E-state index contributed by atoms with van der Waals surface area (Å²) in [6, 6.07) is 0. The van der Waals surface area contributed by atoms with E-state index in [1.165, 1.54) is 5.57 Å². The van der Waals surface area contributed by atoms with Crippen LogP contribution in [0.5, 0.6) is 0 Å². The van der Waals surface area contributed by atoms with Crippen LogP contribution in [0.4, 0.5) is 0 Å². The number of hydrogen-bond donors (Lipinski definition) is 8. The number of aliphatic hydroxyl groups excluding tert-OH is 7. The van der Waals surface area contributed by atoms with Gasteiger partial charge in [-0.1, -0.05) is 53.2 Å². The first-order valence-corrected chi connectivity index (χ1v) is 17.6. The van der Waals surface area contributed by atoms with Crippen LogP contribution in [0.3, 0.4) is 0 Å². The molecule has 0 amide bonds. The van der Waals surface area contributed by atoms with Crippen LogP contribution < -0.4 is 0 Å². The van der Waals surface area contributed by atoms with Gasteiger partial charge in [-0.2, -0.15) is 0 Å². The minimum Gasteiger partial charge on any atom is -0.479 e. The van der Waals surface area contributed by atoms with Crippen LogP contribution in [0, 0.1) is 50.2 Å². The summed E-state index contributed by atoms with van der Waals surface area (Å²) in [5.41, 5.74) is -1.33. The van der Waals surface area contributed by atoms with Crippen LogP contribution in [0.25, 0.3) is 0 Å². The zero-order valence-electron chi connectivity index (χ0n) is 28.8. The maximum absolute atomic E-state index is 11.9. The molecule has 47 heavy (non-hydrogen) atoms. The zero-order chi connectivity index (χ0) is 34.7. The molecule has 6 aliphatic rings. The molecule has 1 saturated heterocycles. The normalized spacial score (nSPS) is 55.5. The zero-order valence-corrected chi connectivity index (χ0v) is 28.8. The highest BCUT2D eigenvalue weighted by molar-refractivity contribution is 5.73. The van der Waals surface area contributed by atoms with Crippen LogP contribution in [0.15, 0.2) is 11.6 Å². The Labute approximate surface area is 278 Å². The fourth-order valence-corrected chi connectivity index (χ4v) is 12.3. The molecule has 4 saturated carbocycles. The molecule has 6 rings (SSSR count). The largest absolute Gasteiger partial charge is 0.479 e. The topological polar surface area (TPSA) is 197 Å². The standard InChI is InChI=1S/C36H58O11/c1-31(2)13-19-18-7-8-21-32(3)11-10-24(46-30-27(43)25(41)26(42)28(47-30)29(44)45)33(4,16-37)20(32)9-12-34(21,5)35(18,6)14-23(40)36(19,17-38)15-22(31)39/h7,19-28,30,37-43H,8-17H2,1-6H3,(H,44,45)/t19-,20+,21+,22?,23?,24-,25-,26-,27+,28-,30+,32-,33-,34+,35+,36+/m0/s1. The van der Waals surface area contributed by atoms with Gasteiger partial charge in [0.2, 0.25) is 0 Å². The monoisotopic (exact) mass is 666 g/mol. The molecule has 0 spiro atoms. The second-order valence-electron chi connectivity index (χ2n) is 17.9. The van der Waals surface area contributed by atoms with Gasteiger partial charge in [0.25, 0.3) is 0 Å². The summed E-state index contributed by atoms with van der Waals surface area (Å²) in [4.78, 5) is 11.7. The summed E-state index contributed by atoms with van der Waals surface area (Å²) in [7, 11) is 0. The number of allylic oxidation sites excluding steroid dienone is 2. The van der Waals surface area contributed by atoms with Gasteiger partial charge in [-0.05, 0) is 90.8 Å². The number of carbonyl (C=O) groups is 1. The van der Waals surface area contributed by atoms with E-state index in [2.05, 4.69) is 40.7 Å². The number of ether oxygens (including phenoxy) is 2. The van der Waals surface area contributed by atoms with Crippen molar-refractivity contribution in [1.29, 1.82) is 0 Å². The third kappa shape index (κ3) is 4.74. The van der Waals surface area contributed by atoms with Crippen molar-refractivity contribution in [3.8, 4) is 0 Å². The Bertz CT molecular complexity index is 1270. The number of fused-ring (bicyclic) bond motifs is 7. The van der Waals surface area contributed by atoms with Crippen LogP contribution in [-0.4, -0.2) is 109 Å². The average Bonchev–Trinajstić information content (AvgIpc) is 3.00. The van der Waals surface area contributed by atoms with E-state index in [4.69, 9.17) is 9.47 Å². The number of hydrogen-bond acceptors (Lipinski definition) is 10. The van der Waals surface area contributed by atoms with Gasteiger partial charge < -0.3 is 50.3 Å². The first-order chi connectivity index (χ1) is 21.8. The van der Waals surface area contributed by atoms with Crippen molar-refractivity contribution >= 4 is 5.97 Å². The number of aliphatic carboxylic acids is 1. The summed E-state index contributed by atoms with van der Waals surface area (Å²) < 4.78 is 11.8. The van der Waals surface area contributed by atoms with Crippen molar-refractivity contribution in [3.05, 3.63) is 11.6 Å². The Morgan fingerprint density at radius 3 is 2.15 bits per heavy atom. The Kier molecular flexibility index (Phi) is 8.68. The Balaban J connectivity index is 1.32. The Hall–Kier alpha value is -1.15. The van der Waals surface area contributed by atoms with Crippen molar-refractivity contribution < 1.29 is 55.1 Å². The SMILES string of the molecule is CC1(C)C[C@H]2C3=CC[C@@H]4[C@@]5(C)CC[C@H](O[C@@H]6O[C@H](C(=O)O)[C@@H](O)[C@H](O)[C@H]6O)[C@@](C)(CO)[C@@H]5CC[C@@]4(C)[C@]3(C)CC(O)[C@@]2(CO)CC1O. The first-order valence-electron chi connectivity index (χ1n) is 17.6. The molecule has 5 fully saturated rings. The van der Waals surface area contributed by atoms with E-state index in [0.717, 1.165) is 25.7 Å². The maximum Gasteiger partial charge on any atom is 0.335 e. The highest BCUT2D eigenvalue weighted by Gasteiger charge is 2.71. The van der Waals surface area contributed by atoms with Crippen molar-refractivity contribution in [2.24, 2.45) is 50.2 Å². The number of carboxylic acid groups (broad SMARTS) is 1. The molecule has 0 radical (unpaired) electrons. The fraction of sp³-hybridized carbons (Fsp3) is 0.917. The molecule has 8 N–H and O–H groups in total. The van der Waals surface area contributed by atoms with Gasteiger partial charge in [-0.15, -0.1) is 0 Å². The summed E-state index contributed by atoms with van der Waals surface area (Å²) in [5, 5.41) is 85.7. The second-order valence-corrected chi connectivity index (χ2v) is 17.9. The molecule has 0 bridgehead atoms. The number of aliphatic hydroxyl groups is 7. The van der Waals surface area contributed by atoms with Gasteiger partial charge in [0.15, 0.2) is 12.4 Å². The lowest BCUT2D eigenvalue weighted by atomic mass is 9.33. The lowest BCUT2D eigenvalue weighted by Crippen LogP contribution is -2.68. The van der Waals surface area contributed by atoms with Crippen molar-refractivity contribution in [3.63, 3.8) is 0 Å². The third-order valence-corrected chi connectivity index (χ3v) is 15.5. The second kappa shape index (κ2) is 11.4. The maximum atomic E-state index is 11.9. The molecule has 268 valence electrons. The third-order valence-electron chi connectivity index (χ3n) is 15.5. The summed E-state index contributed by atoms with van der Waals surface area (Å²) in [6.07, 6.45) is -2.79. The molecule has 11 heteroatoms. The highest BCUT2D eigenvalue weighted by Crippen LogP contribution is 2.75. The van der Waals surface area contributed by atoms with Crippen LogP contribution in [0.2, 0.25) is 0 Å². The molecular formula is C36H58O11. The van der Waals surface area contributed by atoms with Gasteiger partial charge in [-0.25, -0.2) is 4.79 Å². The molecule has 1 aliphatic heterocycles. The highest BCUT2D eigenvalue weighted by atomic mass is 16.7. The van der Waals surface area contributed by atoms with E-state index >= 15 is 0 Å². The first kappa shape index (κ1) is 35.7. The van der Waals surface area contributed by atoms with E-state index in [9.17, 15) is 45.6 Å². The smallest absolute Gasteiger partial charge is 0.335 e. The molecule has 2 unspecified atom stereocenters. The Morgan fingerprint density at radius 1 is 0.851 bits per heavy atom. The predicted molar refractivity (Wildman–Crippen MR) is 170 cm³/mol. The number of carboxylic acids is 1. The molecule has 0 aromatic heterocycles. The summed E-state index contributed by atoms with van der Waals surface area (Å²) in [5.74, 6) is -1.29. The van der Waals surface area contributed by atoms with Crippen molar-refractivity contribution in [2.45, 2.75) is 142 Å². The van der Waals surface area contributed by atoms with Gasteiger partial charge in [0, 0.05) is 10.8 Å². The number of rotatable bonds is 5. The Morgan fingerprint density at radius 2 is 1.53 bits per heavy atom. The van der Waals surface area contributed by atoms with Crippen molar-refractivity contribution in [1.82, 2.24) is 0 Å². The summed E-state index contributed by atoms with van der Waals surface area (Å²) >= 11 is 0. The van der Waals surface area contributed by atoms with Crippen LogP contribution in [0.1, 0.15) is 92.9 Å². The average molecular weight is 667 g/mol. The lowest BCUT2D eigenvalue weighted by molar-refractivity contribution is -0.327. The molecule has 5 aliphatic carbocycles. The molecule has 11 nitrogen and oxygen atoms in total. The van der Waals surface area contributed by atoms with Gasteiger partial charge in [-0.3, -0.25) is 0 Å². The molecule has 16 atom stereocenters. The minimum atomic E-state index is -1.81. The van der Waals surface area contributed by atoms with Crippen LogP contribution in [-0.2, 0) is 14.3 Å². The minimum absolute atomic E-state index is 0.00991. The molecule has 1 heterocycles. The van der Waals surface area contributed by atoms with Crippen LogP contribution >= 0.6 is 0 Å². The molecule has 0 aromatic carbocycles. The molecule has 0 aromatic rings. The van der Waals surface area contributed by atoms with E-state index < -0.39 is 65.8 Å². The van der Waals surface area contributed by atoms with E-state index in [1.807, 2.05) is 6.92 Å². The fourth-order valence-electron chi connectivity index (χ4n) is 12.3. The predicted octanol–water partition coefficient (Wildman–Crippen LogP) is 1.97. The molecular weight excluding hydrogens is 608 g/mol. The summed E-state index contributed by atoms with van der Waals surface area (Å²) in [6.45, 7) is 12.8. The van der Waals surface area contributed by atoms with Gasteiger partial charge in [0.05, 0.1) is 31.5 Å². The lowest BCUT2D eigenvalue weighted by Gasteiger charge is -2.72. The van der Waals surface area contributed by atoms with Gasteiger partial charge in [0.1, 0.15) is 18.3 Å². The van der Waals surface area contributed by atoms with E-state index in [1.54, 1.807) is 0 Å². The van der Waals surface area contributed by atoms with E-state index in [0.29, 0.717) is 25.7 Å². The van der Waals surface area contributed by atoms with Crippen molar-refractivity contribution in [2.75, 3.05) is 13.2 Å². The quantitative estimate of drug-likeness (QED) is 0.158.